The van der Waals surface area contributed by atoms with Gasteiger partial charge in [0.25, 0.3) is 0 Å². The summed E-state index contributed by atoms with van der Waals surface area (Å²) in [6.45, 7) is 6.06. The van der Waals surface area contributed by atoms with Crippen LogP contribution < -0.4 is 15.8 Å². The fourth-order valence-corrected chi connectivity index (χ4v) is 2.49. The number of amides is 1. The zero-order valence-corrected chi connectivity index (χ0v) is 15.8. The number of nitrogens with one attached hydrogen (secondary N) is 2. The lowest BCUT2D eigenvalue weighted by Crippen LogP contribution is -2.28. The summed E-state index contributed by atoms with van der Waals surface area (Å²) >= 11 is 0. The molecule has 0 saturated carbocycles. The minimum Gasteiger partial charge on any atom is -0.368 e. The highest BCUT2D eigenvalue weighted by Crippen LogP contribution is 2.16. The second kappa shape index (κ2) is 7.79. The SMILES string of the molecule is CC(C)(C)C(=O)Nc1ccc(NCCc2ccc(S(N)(=O)=O)cc2)nn1. The molecule has 26 heavy (non-hydrogen) atoms. The van der Waals surface area contributed by atoms with Crippen LogP contribution in [0.15, 0.2) is 41.3 Å². The number of carbonyl (C=O) groups excluding carboxylic acids is 1. The molecule has 0 radical (unpaired) electrons. The first-order valence-electron chi connectivity index (χ1n) is 8.06. The number of primary sulfonamides is 1. The van der Waals surface area contributed by atoms with Crippen molar-refractivity contribution in [3.63, 3.8) is 0 Å². The van der Waals surface area contributed by atoms with E-state index in [1.807, 2.05) is 20.8 Å². The van der Waals surface area contributed by atoms with Gasteiger partial charge in [-0.2, -0.15) is 0 Å². The maximum Gasteiger partial charge on any atom is 0.238 e. The van der Waals surface area contributed by atoms with E-state index in [1.165, 1.54) is 12.1 Å². The number of aromatic nitrogens is 2. The average Bonchev–Trinajstić information content (AvgIpc) is 2.55. The Balaban J connectivity index is 1.85. The molecule has 0 atom stereocenters. The number of nitrogens with two attached hydrogens (primary N) is 1. The van der Waals surface area contributed by atoms with E-state index in [0.717, 1.165) is 5.56 Å². The molecule has 8 nitrogen and oxygen atoms in total. The van der Waals surface area contributed by atoms with Crippen LogP contribution in [0, 0.1) is 5.41 Å². The highest BCUT2D eigenvalue weighted by Gasteiger charge is 2.21. The zero-order chi connectivity index (χ0) is 19.4. The first kappa shape index (κ1) is 19.8. The molecule has 2 rings (SSSR count). The van der Waals surface area contributed by atoms with Gasteiger partial charge in [0, 0.05) is 12.0 Å². The Morgan fingerprint density at radius 1 is 1.04 bits per heavy atom. The van der Waals surface area contributed by atoms with Crippen molar-refractivity contribution in [2.45, 2.75) is 32.1 Å². The van der Waals surface area contributed by atoms with Crippen LogP contribution in [0.2, 0.25) is 0 Å². The molecule has 1 aromatic heterocycles. The van der Waals surface area contributed by atoms with Crippen LogP contribution in [-0.2, 0) is 21.2 Å². The number of rotatable bonds is 6. The third-order valence-corrected chi connectivity index (χ3v) is 4.49. The van der Waals surface area contributed by atoms with Crippen molar-refractivity contribution in [2.75, 3.05) is 17.2 Å². The number of sulfonamides is 1. The molecule has 0 aliphatic heterocycles. The summed E-state index contributed by atoms with van der Waals surface area (Å²) < 4.78 is 22.4. The van der Waals surface area contributed by atoms with Gasteiger partial charge in [-0.05, 0) is 36.2 Å². The zero-order valence-electron chi connectivity index (χ0n) is 15.0. The number of hydrogen-bond acceptors (Lipinski definition) is 6. The Morgan fingerprint density at radius 3 is 2.12 bits per heavy atom. The monoisotopic (exact) mass is 377 g/mol. The van der Waals surface area contributed by atoms with Gasteiger partial charge in [-0.3, -0.25) is 4.79 Å². The van der Waals surface area contributed by atoms with Crippen LogP contribution in [0.5, 0.6) is 0 Å². The van der Waals surface area contributed by atoms with Gasteiger partial charge in [-0.15, -0.1) is 10.2 Å². The Kier molecular flexibility index (Phi) is 5.94. The van der Waals surface area contributed by atoms with E-state index < -0.39 is 15.4 Å². The fraction of sp³-hybridized carbons (Fsp3) is 0.353. The van der Waals surface area contributed by atoms with Crippen LogP contribution in [0.3, 0.4) is 0 Å². The van der Waals surface area contributed by atoms with Crippen molar-refractivity contribution in [2.24, 2.45) is 10.6 Å². The molecular weight excluding hydrogens is 354 g/mol. The van der Waals surface area contributed by atoms with Crippen molar-refractivity contribution in [3.05, 3.63) is 42.0 Å². The molecule has 2 aromatic rings. The van der Waals surface area contributed by atoms with Gasteiger partial charge in [0.2, 0.25) is 15.9 Å². The first-order valence-corrected chi connectivity index (χ1v) is 9.61. The second-order valence-electron chi connectivity index (χ2n) is 6.87. The van der Waals surface area contributed by atoms with Crippen molar-refractivity contribution < 1.29 is 13.2 Å². The molecule has 0 aliphatic rings. The Labute approximate surface area is 153 Å². The first-order chi connectivity index (χ1) is 12.1. The molecule has 0 spiro atoms. The lowest BCUT2D eigenvalue weighted by atomic mass is 9.96. The number of nitrogens with zero attached hydrogens (tertiary/aromatic N) is 2. The van der Waals surface area contributed by atoms with Crippen LogP contribution >= 0.6 is 0 Å². The smallest absolute Gasteiger partial charge is 0.238 e. The Bertz CT molecular complexity index is 857. The summed E-state index contributed by atoms with van der Waals surface area (Å²) in [5.74, 6) is 0.851. The molecule has 0 aliphatic carbocycles. The quantitative estimate of drug-likeness (QED) is 0.704. The van der Waals surface area contributed by atoms with Crippen molar-refractivity contribution in [3.8, 4) is 0 Å². The largest absolute Gasteiger partial charge is 0.368 e. The minimum atomic E-state index is -3.67. The van der Waals surface area contributed by atoms with Crippen molar-refractivity contribution in [1.82, 2.24) is 10.2 Å². The van der Waals surface area contributed by atoms with Gasteiger partial charge in [0.15, 0.2) is 5.82 Å². The van der Waals surface area contributed by atoms with Gasteiger partial charge in [-0.1, -0.05) is 32.9 Å². The standard InChI is InChI=1S/C17H23N5O3S/c1-17(2,3)16(23)20-15-9-8-14(21-22-15)19-11-10-12-4-6-13(7-5-12)26(18,24)25/h4-9H,10-11H2,1-3H3,(H,19,21)(H2,18,24,25)(H,20,22,23). The summed E-state index contributed by atoms with van der Waals surface area (Å²) in [6.07, 6.45) is 0.676. The second-order valence-corrected chi connectivity index (χ2v) is 8.44. The van der Waals surface area contributed by atoms with E-state index in [1.54, 1.807) is 24.3 Å². The minimum absolute atomic E-state index is 0.0907. The fourth-order valence-electron chi connectivity index (χ4n) is 1.98. The highest BCUT2D eigenvalue weighted by molar-refractivity contribution is 7.89. The maximum atomic E-state index is 11.9. The van der Waals surface area contributed by atoms with E-state index in [2.05, 4.69) is 20.8 Å². The van der Waals surface area contributed by atoms with Crippen molar-refractivity contribution in [1.29, 1.82) is 0 Å². The summed E-state index contributed by atoms with van der Waals surface area (Å²) in [7, 11) is -3.67. The molecular formula is C17H23N5O3S. The molecule has 0 fully saturated rings. The molecule has 140 valence electrons. The van der Waals surface area contributed by atoms with Crippen LogP contribution in [0.4, 0.5) is 11.6 Å². The lowest BCUT2D eigenvalue weighted by Gasteiger charge is -2.16. The van der Waals surface area contributed by atoms with Gasteiger partial charge >= 0.3 is 0 Å². The van der Waals surface area contributed by atoms with Gasteiger partial charge < -0.3 is 10.6 Å². The van der Waals surface area contributed by atoms with Crippen LogP contribution in [0.1, 0.15) is 26.3 Å². The number of hydrogen-bond donors (Lipinski definition) is 3. The number of carbonyl (C=O) groups is 1. The third kappa shape index (κ3) is 5.78. The van der Waals surface area contributed by atoms with Crippen LogP contribution in [-0.4, -0.2) is 31.1 Å². The average molecular weight is 377 g/mol. The van der Waals surface area contributed by atoms with E-state index in [-0.39, 0.29) is 10.8 Å². The van der Waals surface area contributed by atoms with E-state index in [4.69, 9.17) is 5.14 Å². The van der Waals surface area contributed by atoms with Gasteiger partial charge in [0.1, 0.15) is 5.82 Å². The maximum absolute atomic E-state index is 11.9. The van der Waals surface area contributed by atoms with E-state index in [9.17, 15) is 13.2 Å². The molecule has 0 unspecified atom stereocenters. The molecule has 9 heteroatoms. The summed E-state index contributed by atoms with van der Waals surface area (Å²) in [5.41, 5.74) is 0.462. The van der Waals surface area contributed by atoms with Gasteiger partial charge in [-0.25, -0.2) is 13.6 Å². The Morgan fingerprint density at radius 2 is 1.62 bits per heavy atom. The van der Waals surface area contributed by atoms with E-state index in [0.29, 0.717) is 24.6 Å². The summed E-state index contributed by atoms with van der Waals surface area (Å²) in [6, 6.07) is 9.82. The number of anilines is 2. The number of benzene rings is 1. The summed E-state index contributed by atoms with van der Waals surface area (Å²) in [5, 5.41) is 18.9. The normalized spacial score (nSPS) is 11.8. The molecule has 1 amide bonds. The Hall–Kier alpha value is -2.52. The molecule has 0 bridgehead atoms. The predicted molar refractivity (Wildman–Crippen MR) is 100 cm³/mol. The molecule has 1 heterocycles. The third-order valence-electron chi connectivity index (χ3n) is 3.56. The highest BCUT2D eigenvalue weighted by atomic mass is 32.2. The van der Waals surface area contributed by atoms with Gasteiger partial charge in [0.05, 0.1) is 4.90 Å². The van der Waals surface area contributed by atoms with Crippen LogP contribution in [0.25, 0.3) is 0 Å². The topological polar surface area (TPSA) is 127 Å². The lowest BCUT2D eigenvalue weighted by molar-refractivity contribution is -0.123. The molecule has 1 aromatic carbocycles. The summed E-state index contributed by atoms with van der Waals surface area (Å²) in [4.78, 5) is 12.0. The molecule has 4 N–H and O–H groups in total. The van der Waals surface area contributed by atoms with E-state index >= 15 is 0 Å². The van der Waals surface area contributed by atoms with Crippen molar-refractivity contribution >= 4 is 27.6 Å². The molecule has 0 saturated heterocycles. The predicted octanol–water partition coefficient (Wildman–Crippen LogP) is 1.76.